The fourth-order valence-corrected chi connectivity index (χ4v) is 4.02. The molecule has 1 saturated heterocycles. The maximum Gasteiger partial charge on any atom is 0.276 e. The van der Waals surface area contributed by atoms with E-state index in [1.54, 1.807) is 16.5 Å². The average Bonchev–Trinajstić information content (AvgIpc) is 3.27. The Kier molecular flexibility index (Phi) is 6.05. The monoisotopic (exact) mass is 403 g/mol. The van der Waals surface area contributed by atoms with Crippen molar-refractivity contribution in [3.8, 4) is 5.69 Å². The highest BCUT2D eigenvalue weighted by Gasteiger charge is 2.19. The van der Waals surface area contributed by atoms with Crippen LogP contribution in [0.1, 0.15) is 40.2 Å². The zero-order valence-corrected chi connectivity index (χ0v) is 17.2. The third-order valence-corrected chi connectivity index (χ3v) is 5.63. The van der Waals surface area contributed by atoms with E-state index in [9.17, 15) is 9.59 Å². The van der Waals surface area contributed by atoms with Crippen LogP contribution >= 0.6 is 0 Å². The van der Waals surface area contributed by atoms with Gasteiger partial charge in [-0.1, -0.05) is 42.5 Å². The number of hydrogen-bond donors (Lipinski definition) is 2. The van der Waals surface area contributed by atoms with Crippen molar-refractivity contribution < 1.29 is 9.69 Å². The molecule has 1 aromatic heterocycles. The van der Waals surface area contributed by atoms with Crippen LogP contribution in [0.2, 0.25) is 0 Å². The smallest absolute Gasteiger partial charge is 0.276 e. The van der Waals surface area contributed by atoms with Gasteiger partial charge in [-0.3, -0.25) is 9.59 Å². The largest absolute Gasteiger partial charge is 0.346 e. The molecule has 0 bridgehead atoms. The molecule has 30 heavy (non-hydrogen) atoms. The Labute approximate surface area is 176 Å². The molecule has 0 spiro atoms. The second kappa shape index (κ2) is 9.05. The van der Waals surface area contributed by atoms with E-state index in [0.717, 1.165) is 17.8 Å². The van der Waals surface area contributed by atoms with Gasteiger partial charge in [-0.2, -0.15) is 5.10 Å². The maximum absolute atomic E-state index is 12.8. The fourth-order valence-electron chi connectivity index (χ4n) is 4.02. The predicted octanol–water partition coefficient (Wildman–Crippen LogP) is 1.65. The normalized spacial score (nSPS) is 14.0. The Bertz CT molecular complexity index is 1090. The van der Waals surface area contributed by atoms with Crippen LogP contribution in [-0.4, -0.2) is 28.8 Å². The summed E-state index contributed by atoms with van der Waals surface area (Å²) in [6.45, 7) is 5.55. The average molecular weight is 404 g/mol. The number of para-hydroxylation sites is 1. The van der Waals surface area contributed by atoms with Crippen molar-refractivity contribution >= 4 is 5.91 Å². The number of rotatable bonds is 6. The first kappa shape index (κ1) is 20.0. The number of quaternary nitrogens is 1. The summed E-state index contributed by atoms with van der Waals surface area (Å²) in [5.74, 6) is -0.451. The molecule has 3 aromatic rings. The van der Waals surface area contributed by atoms with Crippen molar-refractivity contribution in [2.75, 3.05) is 13.1 Å². The van der Waals surface area contributed by atoms with Crippen molar-refractivity contribution in [3.05, 3.63) is 93.4 Å². The molecule has 154 valence electrons. The molecule has 0 atom stereocenters. The first-order valence-corrected chi connectivity index (χ1v) is 10.5. The van der Waals surface area contributed by atoms with Gasteiger partial charge in [-0.25, -0.2) is 4.68 Å². The molecular weight excluding hydrogens is 376 g/mol. The first-order valence-electron chi connectivity index (χ1n) is 10.5. The van der Waals surface area contributed by atoms with E-state index in [-0.39, 0.29) is 11.1 Å². The SMILES string of the molecule is Cc1cc(=O)c(C(=O)NCc2ccccc2C[NH+]2CCCC2)nn1-c1ccccc1. The zero-order valence-electron chi connectivity index (χ0n) is 17.2. The van der Waals surface area contributed by atoms with E-state index >= 15 is 0 Å². The first-order chi connectivity index (χ1) is 14.6. The van der Waals surface area contributed by atoms with Crippen LogP contribution in [0, 0.1) is 6.92 Å². The quantitative estimate of drug-likeness (QED) is 0.658. The Hall–Kier alpha value is -3.25. The summed E-state index contributed by atoms with van der Waals surface area (Å²) in [4.78, 5) is 26.8. The van der Waals surface area contributed by atoms with Crippen LogP contribution in [-0.2, 0) is 13.1 Å². The van der Waals surface area contributed by atoms with E-state index in [2.05, 4.69) is 16.5 Å². The number of carbonyl (C=O) groups excluding carboxylic acids is 1. The van der Waals surface area contributed by atoms with Crippen LogP contribution in [0.4, 0.5) is 0 Å². The number of benzene rings is 2. The third-order valence-electron chi connectivity index (χ3n) is 5.63. The topological polar surface area (TPSA) is 68.4 Å². The van der Waals surface area contributed by atoms with Gasteiger partial charge in [0.25, 0.3) is 5.91 Å². The van der Waals surface area contributed by atoms with E-state index < -0.39 is 5.91 Å². The molecule has 6 nitrogen and oxygen atoms in total. The highest BCUT2D eigenvalue weighted by molar-refractivity contribution is 5.92. The van der Waals surface area contributed by atoms with Crippen LogP contribution < -0.4 is 15.6 Å². The number of carbonyl (C=O) groups is 1. The molecule has 1 fully saturated rings. The Morgan fingerprint density at radius 2 is 1.70 bits per heavy atom. The summed E-state index contributed by atoms with van der Waals surface area (Å²) >= 11 is 0. The van der Waals surface area contributed by atoms with Gasteiger partial charge in [-0.15, -0.1) is 0 Å². The summed E-state index contributed by atoms with van der Waals surface area (Å²) in [5.41, 5.74) is 3.36. The lowest BCUT2D eigenvalue weighted by molar-refractivity contribution is -0.901. The van der Waals surface area contributed by atoms with Gasteiger partial charge >= 0.3 is 0 Å². The molecule has 6 heteroatoms. The number of nitrogens with zero attached hydrogens (tertiary/aromatic N) is 2. The standard InChI is InChI=1S/C24H26N4O2/c1-18-15-22(29)23(26-28(18)21-11-3-2-4-12-21)24(30)25-16-19-9-5-6-10-20(19)17-27-13-7-8-14-27/h2-6,9-12,15H,7-8,13-14,16-17H2,1H3,(H,25,30)/p+1. The minimum absolute atomic E-state index is 0.0906. The molecule has 1 aliphatic heterocycles. The van der Waals surface area contributed by atoms with Gasteiger partial charge in [0.15, 0.2) is 5.69 Å². The van der Waals surface area contributed by atoms with Gasteiger partial charge in [0.1, 0.15) is 6.54 Å². The molecular formula is C24H27N4O2+. The van der Waals surface area contributed by atoms with E-state index in [0.29, 0.717) is 12.2 Å². The molecule has 2 aromatic carbocycles. The lowest BCUT2D eigenvalue weighted by atomic mass is 10.1. The van der Waals surface area contributed by atoms with E-state index in [1.807, 2.05) is 48.5 Å². The number of aryl methyl sites for hydroxylation is 1. The number of amides is 1. The second-order valence-corrected chi connectivity index (χ2v) is 7.83. The minimum Gasteiger partial charge on any atom is -0.346 e. The lowest BCUT2D eigenvalue weighted by Gasteiger charge is -2.16. The summed E-state index contributed by atoms with van der Waals surface area (Å²) < 4.78 is 1.63. The van der Waals surface area contributed by atoms with E-state index in [4.69, 9.17) is 0 Å². The van der Waals surface area contributed by atoms with Gasteiger partial charge in [0, 0.05) is 36.7 Å². The van der Waals surface area contributed by atoms with Crippen LogP contribution in [0.15, 0.2) is 65.5 Å². The molecule has 0 unspecified atom stereocenters. The third kappa shape index (κ3) is 4.49. The Morgan fingerprint density at radius 1 is 1.03 bits per heavy atom. The molecule has 2 heterocycles. The van der Waals surface area contributed by atoms with Crippen LogP contribution in [0.25, 0.3) is 5.69 Å². The summed E-state index contributed by atoms with van der Waals surface area (Å²) in [5, 5.41) is 7.24. The van der Waals surface area contributed by atoms with Gasteiger partial charge in [-0.05, 0) is 24.6 Å². The highest BCUT2D eigenvalue weighted by Crippen LogP contribution is 2.10. The molecule has 2 N–H and O–H groups in total. The second-order valence-electron chi connectivity index (χ2n) is 7.83. The van der Waals surface area contributed by atoms with Crippen molar-refractivity contribution in [2.45, 2.75) is 32.9 Å². The Balaban J connectivity index is 1.52. The van der Waals surface area contributed by atoms with Gasteiger partial charge < -0.3 is 10.2 Å². The fraction of sp³-hybridized carbons (Fsp3) is 0.292. The molecule has 0 aliphatic carbocycles. The molecule has 1 amide bonds. The summed E-state index contributed by atoms with van der Waals surface area (Å²) in [6, 6.07) is 19.1. The molecule has 1 aliphatic rings. The number of nitrogens with one attached hydrogen (secondary N) is 2. The van der Waals surface area contributed by atoms with Crippen LogP contribution in [0.3, 0.4) is 0 Å². The molecule has 0 saturated carbocycles. The maximum atomic E-state index is 12.8. The zero-order chi connectivity index (χ0) is 20.9. The summed E-state index contributed by atoms with van der Waals surface area (Å²) in [6.07, 6.45) is 2.56. The van der Waals surface area contributed by atoms with E-state index in [1.165, 1.54) is 37.6 Å². The van der Waals surface area contributed by atoms with Crippen LogP contribution in [0.5, 0.6) is 0 Å². The highest BCUT2D eigenvalue weighted by atomic mass is 16.2. The summed E-state index contributed by atoms with van der Waals surface area (Å²) in [7, 11) is 0. The van der Waals surface area contributed by atoms with Crippen molar-refractivity contribution in [1.82, 2.24) is 15.1 Å². The molecule has 0 radical (unpaired) electrons. The lowest BCUT2D eigenvalue weighted by Crippen LogP contribution is -3.08. The molecule has 4 rings (SSSR count). The van der Waals surface area contributed by atoms with Gasteiger partial charge in [0.05, 0.1) is 18.8 Å². The van der Waals surface area contributed by atoms with Crippen molar-refractivity contribution in [2.24, 2.45) is 0 Å². The van der Waals surface area contributed by atoms with Gasteiger partial charge in [0.2, 0.25) is 5.43 Å². The number of aromatic nitrogens is 2. The Morgan fingerprint density at radius 3 is 2.43 bits per heavy atom. The number of likely N-dealkylation sites (tertiary alicyclic amines) is 1. The predicted molar refractivity (Wildman–Crippen MR) is 116 cm³/mol. The van der Waals surface area contributed by atoms with Crippen molar-refractivity contribution in [1.29, 1.82) is 0 Å². The van der Waals surface area contributed by atoms with Crippen molar-refractivity contribution in [3.63, 3.8) is 0 Å². The number of hydrogen-bond acceptors (Lipinski definition) is 3. The minimum atomic E-state index is -0.451.